The van der Waals surface area contributed by atoms with E-state index in [9.17, 15) is 4.79 Å². The first-order chi connectivity index (χ1) is 11.6. The topological polar surface area (TPSA) is 42.0 Å². The minimum absolute atomic E-state index is 0.177. The highest BCUT2D eigenvalue weighted by Crippen LogP contribution is 2.30. The van der Waals surface area contributed by atoms with Crippen molar-refractivity contribution < 1.29 is 4.79 Å². The van der Waals surface area contributed by atoms with Gasteiger partial charge in [-0.25, -0.2) is 4.98 Å². The predicted octanol–water partition coefficient (Wildman–Crippen LogP) is 5.08. The number of carbonyl (C=O) groups is 1. The summed E-state index contributed by atoms with van der Waals surface area (Å²) in [7, 11) is 0. The summed E-state index contributed by atoms with van der Waals surface area (Å²) in [6.07, 6.45) is 3.33. The van der Waals surface area contributed by atoms with Crippen molar-refractivity contribution in [3.8, 4) is 11.3 Å². The number of amides is 1. The van der Waals surface area contributed by atoms with Gasteiger partial charge in [0.15, 0.2) is 5.13 Å². The highest BCUT2D eigenvalue weighted by molar-refractivity contribution is 7.16. The van der Waals surface area contributed by atoms with Gasteiger partial charge in [0.2, 0.25) is 5.91 Å². The van der Waals surface area contributed by atoms with Crippen LogP contribution in [0.15, 0.2) is 60.7 Å². The van der Waals surface area contributed by atoms with Gasteiger partial charge in [0.1, 0.15) is 0 Å². The molecule has 1 N–H and O–H groups in total. The normalized spacial score (nSPS) is 10.9. The quantitative estimate of drug-likeness (QED) is 0.676. The molecule has 0 saturated carbocycles. The summed E-state index contributed by atoms with van der Waals surface area (Å²) in [6.45, 7) is 4.05. The molecule has 0 aliphatic heterocycles. The molecule has 0 spiro atoms. The van der Waals surface area contributed by atoms with Crippen LogP contribution in [0.4, 0.5) is 5.13 Å². The van der Waals surface area contributed by atoms with E-state index in [1.54, 1.807) is 6.08 Å². The first-order valence-corrected chi connectivity index (χ1v) is 8.52. The van der Waals surface area contributed by atoms with E-state index in [4.69, 9.17) is 0 Å². The highest BCUT2D eigenvalue weighted by atomic mass is 32.1. The first-order valence-electron chi connectivity index (χ1n) is 7.70. The molecule has 0 atom stereocenters. The Kier molecular flexibility index (Phi) is 4.87. The van der Waals surface area contributed by atoms with Crippen molar-refractivity contribution in [3.05, 3.63) is 76.7 Å². The average molecular weight is 334 g/mol. The van der Waals surface area contributed by atoms with E-state index in [0.717, 1.165) is 21.7 Å². The Morgan fingerprint density at radius 1 is 1.04 bits per heavy atom. The third-order valence-electron chi connectivity index (χ3n) is 3.58. The maximum absolute atomic E-state index is 12.1. The Balaban J connectivity index is 1.70. The minimum Gasteiger partial charge on any atom is -0.298 e. The van der Waals surface area contributed by atoms with Crippen molar-refractivity contribution in [2.24, 2.45) is 0 Å². The van der Waals surface area contributed by atoms with Crippen molar-refractivity contribution in [2.45, 2.75) is 13.8 Å². The molecule has 0 radical (unpaired) electrons. The van der Waals surface area contributed by atoms with Crippen LogP contribution < -0.4 is 5.32 Å². The number of carbonyl (C=O) groups excluding carboxylic acids is 1. The summed E-state index contributed by atoms with van der Waals surface area (Å²) >= 11 is 1.48. The lowest BCUT2D eigenvalue weighted by atomic mass is 10.1. The fraction of sp³-hybridized carbons (Fsp3) is 0.100. The fourth-order valence-electron chi connectivity index (χ4n) is 2.31. The van der Waals surface area contributed by atoms with E-state index in [0.29, 0.717) is 5.13 Å². The first kappa shape index (κ1) is 16.1. The number of rotatable bonds is 4. The van der Waals surface area contributed by atoms with Crippen LogP contribution in [0.25, 0.3) is 17.3 Å². The molecule has 1 aromatic heterocycles. The van der Waals surface area contributed by atoms with Crippen molar-refractivity contribution >= 4 is 28.5 Å². The standard InChI is InChI=1S/C20H18N2OS/c1-14-8-10-16(11-9-14)12-13-18(23)21-20-22-19(15(2)24-20)17-6-4-3-5-7-17/h3-13H,1-2H3,(H,21,22,23). The molecule has 120 valence electrons. The Morgan fingerprint density at radius 3 is 2.46 bits per heavy atom. The molecule has 0 bridgehead atoms. The van der Waals surface area contributed by atoms with Gasteiger partial charge in [-0.15, -0.1) is 11.3 Å². The number of hydrogen-bond acceptors (Lipinski definition) is 3. The van der Waals surface area contributed by atoms with Crippen molar-refractivity contribution in [3.63, 3.8) is 0 Å². The third-order valence-corrected chi connectivity index (χ3v) is 4.46. The molecule has 1 heterocycles. The molecule has 0 fully saturated rings. The summed E-state index contributed by atoms with van der Waals surface area (Å²) in [5.74, 6) is -0.177. The van der Waals surface area contributed by atoms with Gasteiger partial charge in [-0.3, -0.25) is 10.1 Å². The molecule has 1 amide bonds. The van der Waals surface area contributed by atoms with Crippen LogP contribution in [-0.2, 0) is 4.79 Å². The number of aromatic nitrogens is 1. The Morgan fingerprint density at radius 2 is 1.75 bits per heavy atom. The predicted molar refractivity (Wildman–Crippen MR) is 101 cm³/mol. The number of benzene rings is 2. The van der Waals surface area contributed by atoms with Crippen molar-refractivity contribution in [1.29, 1.82) is 0 Å². The van der Waals surface area contributed by atoms with E-state index in [1.807, 2.05) is 68.4 Å². The lowest BCUT2D eigenvalue weighted by molar-refractivity contribution is -0.111. The van der Waals surface area contributed by atoms with E-state index >= 15 is 0 Å². The maximum atomic E-state index is 12.1. The van der Waals surface area contributed by atoms with E-state index in [1.165, 1.54) is 23.0 Å². The number of nitrogens with zero attached hydrogens (tertiary/aromatic N) is 1. The second-order valence-corrected chi connectivity index (χ2v) is 6.73. The average Bonchev–Trinajstić information content (AvgIpc) is 2.95. The van der Waals surface area contributed by atoms with Crippen LogP contribution in [0.2, 0.25) is 0 Å². The van der Waals surface area contributed by atoms with Gasteiger partial charge < -0.3 is 0 Å². The van der Waals surface area contributed by atoms with Crippen molar-refractivity contribution in [1.82, 2.24) is 4.98 Å². The zero-order chi connectivity index (χ0) is 16.9. The summed E-state index contributed by atoms with van der Waals surface area (Å²) in [6, 6.07) is 18.0. The van der Waals surface area contributed by atoms with Crippen molar-refractivity contribution in [2.75, 3.05) is 5.32 Å². The molecule has 3 aromatic rings. The second kappa shape index (κ2) is 7.23. The molecular formula is C20H18N2OS. The Labute approximate surface area is 145 Å². The van der Waals surface area contributed by atoms with Gasteiger partial charge in [0.25, 0.3) is 0 Å². The number of thiazole rings is 1. The summed E-state index contributed by atoms with van der Waals surface area (Å²) in [4.78, 5) is 17.7. The molecule has 4 heteroatoms. The number of anilines is 1. The van der Waals surface area contributed by atoms with Crippen LogP contribution in [-0.4, -0.2) is 10.9 Å². The van der Waals surface area contributed by atoms with Gasteiger partial charge in [-0.2, -0.15) is 0 Å². The van der Waals surface area contributed by atoms with Crippen LogP contribution in [0.5, 0.6) is 0 Å². The smallest absolute Gasteiger partial charge is 0.250 e. The van der Waals surface area contributed by atoms with E-state index in [-0.39, 0.29) is 5.91 Å². The SMILES string of the molecule is Cc1ccc(C=CC(=O)Nc2nc(-c3ccccc3)c(C)s2)cc1. The van der Waals surface area contributed by atoms with E-state index < -0.39 is 0 Å². The van der Waals surface area contributed by atoms with Gasteiger partial charge in [0, 0.05) is 16.5 Å². The summed E-state index contributed by atoms with van der Waals surface area (Å²) in [5, 5.41) is 3.45. The molecular weight excluding hydrogens is 316 g/mol. The molecule has 24 heavy (non-hydrogen) atoms. The van der Waals surface area contributed by atoms with Gasteiger partial charge in [-0.05, 0) is 25.5 Å². The van der Waals surface area contributed by atoms with Gasteiger partial charge in [0.05, 0.1) is 5.69 Å². The lowest BCUT2D eigenvalue weighted by Crippen LogP contribution is -2.07. The molecule has 3 nitrogen and oxygen atoms in total. The summed E-state index contributed by atoms with van der Waals surface area (Å²) in [5.41, 5.74) is 4.17. The largest absolute Gasteiger partial charge is 0.298 e. The maximum Gasteiger partial charge on any atom is 0.250 e. The second-order valence-electron chi connectivity index (χ2n) is 5.52. The zero-order valence-corrected chi connectivity index (χ0v) is 14.4. The van der Waals surface area contributed by atoms with E-state index in [2.05, 4.69) is 10.3 Å². The zero-order valence-electron chi connectivity index (χ0n) is 13.6. The number of nitrogens with one attached hydrogen (secondary N) is 1. The molecule has 0 aliphatic carbocycles. The summed E-state index contributed by atoms with van der Waals surface area (Å²) < 4.78 is 0. The molecule has 2 aromatic carbocycles. The number of aryl methyl sites for hydroxylation is 2. The van der Waals surface area contributed by atoms with Gasteiger partial charge in [-0.1, -0.05) is 60.2 Å². The monoisotopic (exact) mass is 334 g/mol. The molecule has 0 aliphatic rings. The van der Waals surface area contributed by atoms with Gasteiger partial charge >= 0.3 is 0 Å². The third kappa shape index (κ3) is 3.97. The highest BCUT2D eigenvalue weighted by Gasteiger charge is 2.10. The van der Waals surface area contributed by atoms with Crippen LogP contribution in [0.3, 0.4) is 0 Å². The molecule has 0 saturated heterocycles. The van der Waals surface area contributed by atoms with Crippen LogP contribution in [0.1, 0.15) is 16.0 Å². The van der Waals surface area contributed by atoms with Crippen LogP contribution >= 0.6 is 11.3 Å². The lowest BCUT2D eigenvalue weighted by Gasteiger charge is -1.98. The molecule has 0 unspecified atom stereocenters. The number of hydrogen-bond donors (Lipinski definition) is 1. The van der Waals surface area contributed by atoms with Crippen LogP contribution in [0, 0.1) is 13.8 Å². The fourth-order valence-corrected chi connectivity index (χ4v) is 3.15. The Bertz CT molecular complexity index is 864. The molecule has 3 rings (SSSR count). The minimum atomic E-state index is -0.177. The Hall–Kier alpha value is -2.72.